The van der Waals surface area contributed by atoms with Gasteiger partial charge in [0.05, 0.1) is 0 Å². The van der Waals surface area contributed by atoms with Crippen LogP contribution in [0, 0.1) is 0 Å². The fraction of sp³-hybridized carbons (Fsp3) is 0.500. The van der Waals surface area contributed by atoms with Crippen LogP contribution in [0.4, 0.5) is 0 Å². The van der Waals surface area contributed by atoms with Gasteiger partial charge < -0.3 is 4.74 Å². The third kappa shape index (κ3) is 3.17. The van der Waals surface area contributed by atoms with Crippen LogP contribution in [0.15, 0.2) is 17.0 Å². The minimum atomic E-state index is -0.214. The number of hydrogen-bond acceptors (Lipinski definition) is 3. The number of nitrogens with zero attached hydrogens (tertiary/aromatic N) is 2. The van der Waals surface area contributed by atoms with Gasteiger partial charge in [-0.25, -0.2) is 4.98 Å². The lowest BCUT2D eigenvalue weighted by atomic mass is 10.2. The largest absolute Gasteiger partial charge is 0.472 e. The highest BCUT2D eigenvalue weighted by atomic mass is 79.9. The van der Waals surface area contributed by atoms with E-state index in [1.807, 2.05) is 20.8 Å². The first-order valence-electron chi connectivity index (χ1n) is 3.65. The molecule has 0 bridgehead atoms. The molecule has 1 heterocycles. The molecule has 0 unspecified atom stereocenters. The van der Waals surface area contributed by atoms with Crippen molar-refractivity contribution in [1.29, 1.82) is 0 Å². The van der Waals surface area contributed by atoms with Gasteiger partial charge in [-0.1, -0.05) is 0 Å². The molecule has 0 spiro atoms. The van der Waals surface area contributed by atoms with Crippen LogP contribution < -0.4 is 4.74 Å². The summed E-state index contributed by atoms with van der Waals surface area (Å²) in [6.45, 7) is 5.93. The number of aromatic nitrogens is 2. The lowest BCUT2D eigenvalue weighted by Crippen LogP contribution is -2.23. The fourth-order valence-electron chi connectivity index (χ4n) is 0.690. The zero-order valence-electron chi connectivity index (χ0n) is 7.34. The van der Waals surface area contributed by atoms with Gasteiger partial charge in [0, 0.05) is 12.3 Å². The maximum atomic E-state index is 5.50. The topological polar surface area (TPSA) is 35.0 Å². The van der Waals surface area contributed by atoms with E-state index in [-0.39, 0.29) is 5.60 Å². The van der Waals surface area contributed by atoms with Gasteiger partial charge in [0.15, 0.2) is 4.73 Å². The summed E-state index contributed by atoms with van der Waals surface area (Å²) in [5.41, 5.74) is -0.214. The second kappa shape index (κ2) is 3.39. The zero-order valence-corrected chi connectivity index (χ0v) is 8.92. The van der Waals surface area contributed by atoms with Crippen molar-refractivity contribution in [3.63, 3.8) is 0 Å². The molecule has 0 aliphatic carbocycles. The second-order valence-corrected chi connectivity index (χ2v) is 4.09. The van der Waals surface area contributed by atoms with Crippen molar-refractivity contribution in [2.45, 2.75) is 26.4 Å². The number of hydrogen-bond donors (Lipinski definition) is 0. The Labute approximate surface area is 80.3 Å². The molecular formula is C8H11BrN2O. The van der Waals surface area contributed by atoms with Crippen LogP contribution >= 0.6 is 15.9 Å². The molecule has 0 saturated heterocycles. The molecule has 4 heteroatoms. The summed E-state index contributed by atoms with van der Waals surface area (Å²) in [5, 5.41) is 0. The number of rotatable bonds is 1. The molecule has 1 aromatic heterocycles. The summed E-state index contributed by atoms with van der Waals surface area (Å²) in [5.74, 6) is 0.587. The Morgan fingerprint density at radius 2 is 2.08 bits per heavy atom. The Balaban J connectivity index is 2.77. The number of halogens is 1. The Morgan fingerprint density at radius 3 is 2.58 bits per heavy atom. The van der Waals surface area contributed by atoms with Crippen LogP contribution in [0.25, 0.3) is 0 Å². The first kappa shape index (κ1) is 9.45. The van der Waals surface area contributed by atoms with Crippen molar-refractivity contribution >= 4 is 15.9 Å². The Kier molecular flexibility index (Phi) is 2.67. The second-order valence-electron chi connectivity index (χ2n) is 3.38. The lowest BCUT2D eigenvalue weighted by Gasteiger charge is -2.19. The van der Waals surface area contributed by atoms with E-state index in [2.05, 4.69) is 25.9 Å². The average molecular weight is 231 g/mol. The van der Waals surface area contributed by atoms with Crippen molar-refractivity contribution < 1.29 is 4.74 Å². The third-order valence-corrected chi connectivity index (χ3v) is 1.39. The van der Waals surface area contributed by atoms with Crippen LogP contribution in [-0.4, -0.2) is 15.6 Å². The van der Waals surface area contributed by atoms with Crippen LogP contribution in [0.5, 0.6) is 5.88 Å². The van der Waals surface area contributed by atoms with E-state index in [1.54, 1.807) is 12.3 Å². The van der Waals surface area contributed by atoms with Gasteiger partial charge in [0.2, 0.25) is 5.88 Å². The first-order valence-corrected chi connectivity index (χ1v) is 4.44. The summed E-state index contributed by atoms with van der Waals surface area (Å²) in [6.07, 6.45) is 1.65. The van der Waals surface area contributed by atoms with Crippen LogP contribution in [-0.2, 0) is 0 Å². The predicted octanol–water partition coefficient (Wildman–Crippen LogP) is 2.42. The van der Waals surface area contributed by atoms with E-state index in [0.717, 1.165) is 0 Å². The molecule has 0 atom stereocenters. The molecule has 0 amide bonds. The van der Waals surface area contributed by atoms with E-state index in [1.165, 1.54) is 0 Å². The highest BCUT2D eigenvalue weighted by Crippen LogP contribution is 2.15. The molecule has 66 valence electrons. The van der Waals surface area contributed by atoms with Gasteiger partial charge in [-0.15, -0.1) is 0 Å². The van der Waals surface area contributed by atoms with E-state index in [4.69, 9.17) is 4.74 Å². The molecule has 0 fully saturated rings. The summed E-state index contributed by atoms with van der Waals surface area (Å²) < 4.78 is 6.05. The van der Waals surface area contributed by atoms with Crippen LogP contribution in [0.2, 0.25) is 0 Å². The van der Waals surface area contributed by atoms with E-state index < -0.39 is 0 Å². The zero-order chi connectivity index (χ0) is 9.19. The molecule has 1 rings (SSSR count). The molecule has 0 aliphatic rings. The molecular weight excluding hydrogens is 220 g/mol. The molecule has 0 aliphatic heterocycles. The third-order valence-electron chi connectivity index (χ3n) is 1.01. The normalized spacial score (nSPS) is 11.3. The Hall–Kier alpha value is -0.640. The maximum absolute atomic E-state index is 5.50. The molecule has 0 N–H and O–H groups in total. The summed E-state index contributed by atoms with van der Waals surface area (Å²) >= 11 is 3.17. The van der Waals surface area contributed by atoms with E-state index in [0.29, 0.717) is 10.6 Å². The van der Waals surface area contributed by atoms with Gasteiger partial charge in [0.1, 0.15) is 5.60 Å². The predicted molar refractivity (Wildman–Crippen MR) is 50.1 cm³/mol. The summed E-state index contributed by atoms with van der Waals surface area (Å²) in [4.78, 5) is 7.94. The highest BCUT2D eigenvalue weighted by Gasteiger charge is 2.12. The van der Waals surface area contributed by atoms with Gasteiger partial charge in [-0.2, -0.15) is 4.98 Å². The van der Waals surface area contributed by atoms with Crippen LogP contribution in [0.1, 0.15) is 20.8 Å². The first-order chi connectivity index (χ1) is 5.47. The smallest absolute Gasteiger partial charge is 0.217 e. The monoisotopic (exact) mass is 230 g/mol. The van der Waals surface area contributed by atoms with E-state index >= 15 is 0 Å². The van der Waals surface area contributed by atoms with Crippen molar-refractivity contribution in [3.8, 4) is 5.88 Å². The fourth-order valence-corrected chi connectivity index (χ4v) is 0.983. The van der Waals surface area contributed by atoms with Crippen LogP contribution in [0.3, 0.4) is 0 Å². The molecule has 0 aromatic carbocycles. The van der Waals surface area contributed by atoms with Gasteiger partial charge >= 0.3 is 0 Å². The van der Waals surface area contributed by atoms with Gasteiger partial charge in [0.25, 0.3) is 0 Å². The van der Waals surface area contributed by atoms with Gasteiger partial charge in [-0.3, -0.25) is 0 Å². The van der Waals surface area contributed by atoms with Crippen molar-refractivity contribution in [2.24, 2.45) is 0 Å². The molecule has 0 radical (unpaired) electrons. The maximum Gasteiger partial charge on any atom is 0.217 e. The minimum absolute atomic E-state index is 0.214. The van der Waals surface area contributed by atoms with E-state index in [9.17, 15) is 0 Å². The Bertz CT molecular complexity index is 270. The lowest BCUT2D eigenvalue weighted by molar-refractivity contribution is 0.123. The van der Waals surface area contributed by atoms with Gasteiger partial charge in [-0.05, 0) is 36.7 Å². The summed E-state index contributed by atoms with van der Waals surface area (Å²) in [6, 6.07) is 1.73. The molecule has 3 nitrogen and oxygen atoms in total. The SMILES string of the molecule is CC(C)(C)Oc1ccnc(Br)n1. The van der Waals surface area contributed by atoms with Crippen molar-refractivity contribution in [2.75, 3.05) is 0 Å². The Morgan fingerprint density at radius 1 is 1.42 bits per heavy atom. The summed E-state index contributed by atoms with van der Waals surface area (Å²) in [7, 11) is 0. The number of ether oxygens (including phenoxy) is 1. The van der Waals surface area contributed by atoms with Crippen molar-refractivity contribution in [1.82, 2.24) is 9.97 Å². The molecule has 12 heavy (non-hydrogen) atoms. The average Bonchev–Trinajstić information content (AvgIpc) is 1.82. The van der Waals surface area contributed by atoms with Crippen molar-refractivity contribution in [3.05, 3.63) is 17.0 Å². The highest BCUT2D eigenvalue weighted by molar-refractivity contribution is 9.10. The standard InChI is InChI=1S/C8H11BrN2O/c1-8(2,3)12-6-4-5-10-7(9)11-6/h4-5H,1-3H3. The molecule has 1 aromatic rings. The quantitative estimate of drug-likeness (QED) is 0.696. The molecule has 0 saturated carbocycles. The minimum Gasteiger partial charge on any atom is -0.472 e.